The van der Waals surface area contributed by atoms with E-state index in [1.807, 2.05) is 18.7 Å². The first kappa shape index (κ1) is 16.5. The summed E-state index contributed by atoms with van der Waals surface area (Å²) in [5.41, 5.74) is 2.09. The fraction of sp³-hybridized carbons (Fsp3) is 0.800. The highest BCUT2D eigenvalue weighted by Crippen LogP contribution is 2.22. The summed E-state index contributed by atoms with van der Waals surface area (Å²) in [6.45, 7) is 9.83. The van der Waals surface area contributed by atoms with E-state index in [2.05, 4.69) is 31.2 Å². The van der Waals surface area contributed by atoms with Crippen molar-refractivity contribution in [1.82, 2.24) is 15.1 Å². The number of nitrogens with one attached hydrogen (secondary N) is 1. The highest BCUT2D eigenvalue weighted by Gasteiger charge is 2.15. The minimum Gasteiger partial charge on any atom is -0.314 e. The van der Waals surface area contributed by atoms with Gasteiger partial charge in [0.1, 0.15) is 0 Å². The number of aryl methyl sites for hydroxylation is 2. The van der Waals surface area contributed by atoms with Crippen LogP contribution in [0.2, 0.25) is 5.02 Å². The van der Waals surface area contributed by atoms with Crippen molar-refractivity contribution >= 4 is 11.6 Å². The third kappa shape index (κ3) is 5.15. The van der Waals surface area contributed by atoms with Crippen LogP contribution in [0.1, 0.15) is 51.4 Å². The zero-order valence-corrected chi connectivity index (χ0v) is 13.7. The number of nitrogens with zero attached hydrogens (tertiary/aromatic N) is 2. The van der Waals surface area contributed by atoms with Gasteiger partial charge in [0.2, 0.25) is 0 Å². The van der Waals surface area contributed by atoms with E-state index in [0.717, 1.165) is 41.7 Å². The molecular weight excluding hydrogens is 258 g/mol. The molecule has 1 N–H and O–H groups in total. The van der Waals surface area contributed by atoms with Gasteiger partial charge >= 0.3 is 0 Å². The Morgan fingerprint density at radius 3 is 2.53 bits per heavy atom. The molecule has 0 amide bonds. The minimum absolute atomic E-state index is 0.575. The summed E-state index contributed by atoms with van der Waals surface area (Å²) in [7, 11) is 1.98. The van der Waals surface area contributed by atoms with E-state index in [9.17, 15) is 0 Å². The van der Waals surface area contributed by atoms with E-state index in [0.29, 0.717) is 6.04 Å². The molecule has 3 nitrogen and oxygen atoms in total. The normalized spacial score (nSPS) is 13.2. The lowest BCUT2D eigenvalue weighted by molar-refractivity contribution is 0.396. The standard InChI is InChI=1S/C15H28ClN3/c1-6-9-17-13(10-11(2)3)7-8-14-15(16)12(4)18-19(14)5/h11,13,17H,6-10H2,1-5H3. The molecule has 0 aromatic carbocycles. The van der Waals surface area contributed by atoms with Crippen molar-refractivity contribution in [3.8, 4) is 0 Å². The van der Waals surface area contributed by atoms with Gasteiger partial charge in [0.05, 0.1) is 16.4 Å². The molecule has 1 aromatic rings. The van der Waals surface area contributed by atoms with Gasteiger partial charge in [0, 0.05) is 13.1 Å². The van der Waals surface area contributed by atoms with Crippen LogP contribution >= 0.6 is 11.6 Å². The third-order valence-electron chi connectivity index (χ3n) is 3.43. The maximum absolute atomic E-state index is 6.30. The summed E-state index contributed by atoms with van der Waals surface area (Å²) in [5, 5.41) is 8.85. The third-order valence-corrected chi connectivity index (χ3v) is 3.92. The van der Waals surface area contributed by atoms with Gasteiger partial charge in [-0.15, -0.1) is 0 Å². The van der Waals surface area contributed by atoms with Crippen molar-refractivity contribution in [2.75, 3.05) is 6.54 Å². The molecule has 0 aliphatic rings. The molecule has 19 heavy (non-hydrogen) atoms. The predicted octanol–water partition coefficient (Wildman–Crippen LogP) is 3.73. The van der Waals surface area contributed by atoms with E-state index in [-0.39, 0.29) is 0 Å². The van der Waals surface area contributed by atoms with E-state index >= 15 is 0 Å². The molecular formula is C15H28ClN3. The number of halogens is 1. The Morgan fingerprint density at radius 1 is 1.37 bits per heavy atom. The lowest BCUT2D eigenvalue weighted by Gasteiger charge is -2.20. The molecule has 4 heteroatoms. The monoisotopic (exact) mass is 285 g/mol. The number of hydrogen-bond donors (Lipinski definition) is 1. The van der Waals surface area contributed by atoms with Gasteiger partial charge in [-0.2, -0.15) is 5.10 Å². The first-order chi connectivity index (χ1) is 8.95. The molecule has 0 spiro atoms. The van der Waals surface area contributed by atoms with Gasteiger partial charge in [-0.3, -0.25) is 4.68 Å². The van der Waals surface area contributed by atoms with Crippen LogP contribution in [0.5, 0.6) is 0 Å². The molecule has 1 aromatic heterocycles. The van der Waals surface area contributed by atoms with Gasteiger partial charge in [0.25, 0.3) is 0 Å². The largest absolute Gasteiger partial charge is 0.314 e. The lowest BCUT2D eigenvalue weighted by atomic mass is 9.98. The summed E-state index contributed by atoms with van der Waals surface area (Å²) in [6, 6.07) is 0.575. The zero-order valence-electron chi connectivity index (χ0n) is 13.0. The summed E-state index contributed by atoms with van der Waals surface area (Å²) in [4.78, 5) is 0. The van der Waals surface area contributed by atoms with Crippen molar-refractivity contribution in [2.45, 2.75) is 59.4 Å². The average molecular weight is 286 g/mol. The summed E-state index contributed by atoms with van der Waals surface area (Å²) >= 11 is 6.30. The summed E-state index contributed by atoms with van der Waals surface area (Å²) in [6.07, 6.45) is 4.51. The van der Waals surface area contributed by atoms with E-state index in [4.69, 9.17) is 11.6 Å². The summed E-state index contributed by atoms with van der Waals surface area (Å²) < 4.78 is 1.92. The topological polar surface area (TPSA) is 29.9 Å². The van der Waals surface area contributed by atoms with Crippen molar-refractivity contribution < 1.29 is 0 Å². The van der Waals surface area contributed by atoms with Crippen molar-refractivity contribution in [2.24, 2.45) is 13.0 Å². The van der Waals surface area contributed by atoms with Gasteiger partial charge < -0.3 is 5.32 Å². The van der Waals surface area contributed by atoms with Crippen LogP contribution in [0.15, 0.2) is 0 Å². The van der Waals surface area contributed by atoms with Crippen molar-refractivity contribution in [3.63, 3.8) is 0 Å². The Morgan fingerprint density at radius 2 is 2.05 bits per heavy atom. The first-order valence-corrected chi connectivity index (χ1v) is 7.74. The molecule has 0 aliphatic carbocycles. The minimum atomic E-state index is 0.575. The fourth-order valence-electron chi connectivity index (χ4n) is 2.48. The quantitative estimate of drug-likeness (QED) is 0.789. The van der Waals surface area contributed by atoms with E-state index in [1.54, 1.807) is 0 Å². The van der Waals surface area contributed by atoms with Crippen LogP contribution in [-0.2, 0) is 13.5 Å². The Hall–Kier alpha value is -0.540. The molecule has 1 unspecified atom stereocenters. The van der Waals surface area contributed by atoms with Crippen LogP contribution in [0.25, 0.3) is 0 Å². The molecule has 110 valence electrons. The van der Waals surface area contributed by atoms with Crippen LogP contribution in [-0.4, -0.2) is 22.4 Å². The molecule has 0 fully saturated rings. The zero-order chi connectivity index (χ0) is 14.4. The SMILES string of the molecule is CCCNC(CCc1c(Cl)c(C)nn1C)CC(C)C. The number of hydrogen-bond acceptors (Lipinski definition) is 2. The van der Waals surface area contributed by atoms with Gasteiger partial charge in [-0.1, -0.05) is 32.4 Å². The Balaban J connectivity index is 2.59. The van der Waals surface area contributed by atoms with Gasteiger partial charge in [0.15, 0.2) is 0 Å². The summed E-state index contributed by atoms with van der Waals surface area (Å²) in [5.74, 6) is 0.720. The van der Waals surface area contributed by atoms with Crippen LogP contribution in [0.3, 0.4) is 0 Å². The number of rotatable bonds is 8. The van der Waals surface area contributed by atoms with Gasteiger partial charge in [-0.25, -0.2) is 0 Å². The van der Waals surface area contributed by atoms with Crippen molar-refractivity contribution in [3.05, 3.63) is 16.4 Å². The van der Waals surface area contributed by atoms with Crippen molar-refractivity contribution in [1.29, 1.82) is 0 Å². The van der Waals surface area contributed by atoms with Crippen LogP contribution < -0.4 is 5.32 Å². The Bertz CT molecular complexity index is 385. The predicted molar refractivity (Wildman–Crippen MR) is 82.8 cm³/mol. The smallest absolute Gasteiger partial charge is 0.0846 e. The Labute approximate surface area is 122 Å². The maximum atomic E-state index is 6.30. The molecule has 0 aliphatic heterocycles. The average Bonchev–Trinajstić information content (AvgIpc) is 2.57. The second-order valence-corrected chi connectivity index (χ2v) is 6.17. The molecule has 0 bridgehead atoms. The maximum Gasteiger partial charge on any atom is 0.0846 e. The molecule has 1 heterocycles. The molecule has 0 radical (unpaired) electrons. The fourth-order valence-corrected chi connectivity index (χ4v) is 2.74. The van der Waals surface area contributed by atoms with E-state index in [1.165, 1.54) is 12.8 Å². The highest BCUT2D eigenvalue weighted by atomic mass is 35.5. The molecule has 0 saturated heterocycles. The Kier molecular flexibility index (Phi) is 6.87. The lowest BCUT2D eigenvalue weighted by Crippen LogP contribution is -2.31. The highest BCUT2D eigenvalue weighted by molar-refractivity contribution is 6.31. The first-order valence-electron chi connectivity index (χ1n) is 7.37. The molecule has 1 atom stereocenters. The van der Waals surface area contributed by atoms with Gasteiger partial charge in [-0.05, 0) is 45.1 Å². The van der Waals surface area contributed by atoms with Crippen LogP contribution in [0, 0.1) is 12.8 Å². The molecule has 0 saturated carbocycles. The molecule has 1 rings (SSSR count). The second-order valence-electron chi connectivity index (χ2n) is 5.79. The van der Waals surface area contributed by atoms with E-state index < -0.39 is 0 Å². The van der Waals surface area contributed by atoms with Crippen LogP contribution in [0.4, 0.5) is 0 Å². The number of aromatic nitrogens is 2. The second kappa shape index (κ2) is 7.91.